The van der Waals surface area contributed by atoms with Gasteiger partial charge in [0, 0.05) is 64.4 Å². The largest absolute Gasteiger partial charge is 0.381 e. The molecule has 0 spiro atoms. The molecule has 2 saturated heterocycles. The lowest BCUT2D eigenvalue weighted by Gasteiger charge is -2.40. The summed E-state index contributed by atoms with van der Waals surface area (Å²) < 4.78 is 11.2. The van der Waals surface area contributed by atoms with E-state index >= 15 is 0 Å². The van der Waals surface area contributed by atoms with Crippen molar-refractivity contribution >= 4 is 5.96 Å². The van der Waals surface area contributed by atoms with Gasteiger partial charge in [0.25, 0.3) is 0 Å². The fraction of sp³-hybridized carbons (Fsp3) is 0.708. The van der Waals surface area contributed by atoms with Gasteiger partial charge < -0.3 is 19.7 Å². The molecular formula is C24H40N4O2. The van der Waals surface area contributed by atoms with Crippen LogP contribution in [0.1, 0.15) is 44.7 Å². The molecule has 6 heteroatoms. The maximum absolute atomic E-state index is 5.81. The third-order valence-corrected chi connectivity index (χ3v) is 6.05. The van der Waals surface area contributed by atoms with Crippen LogP contribution in [-0.2, 0) is 9.47 Å². The highest BCUT2D eigenvalue weighted by Crippen LogP contribution is 2.25. The van der Waals surface area contributed by atoms with E-state index in [1.807, 2.05) is 0 Å². The number of hydrogen-bond acceptors (Lipinski definition) is 4. The Morgan fingerprint density at radius 2 is 2.00 bits per heavy atom. The second-order valence-corrected chi connectivity index (χ2v) is 8.25. The van der Waals surface area contributed by atoms with E-state index in [4.69, 9.17) is 14.5 Å². The van der Waals surface area contributed by atoms with Gasteiger partial charge in [-0.2, -0.15) is 0 Å². The molecule has 30 heavy (non-hydrogen) atoms. The number of guanidine groups is 1. The first kappa shape index (κ1) is 23.0. The molecule has 1 aromatic carbocycles. The predicted octanol–water partition coefficient (Wildman–Crippen LogP) is 3.16. The Hall–Kier alpha value is -1.63. The van der Waals surface area contributed by atoms with Crippen LogP contribution < -0.4 is 5.32 Å². The zero-order chi connectivity index (χ0) is 21.0. The van der Waals surface area contributed by atoms with Crippen LogP contribution in [0.15, 0.2) is 35.3 Å². The Morgan fingerprint density at radius 1 is 1.20 bits per heavy atom. The van der Waals surface area contributed by atoms with E-state index in [1.54, 1.807) is 0 Å². The molecule has 2 unspecified atom stereocenters. The lowest BCUT2D eigenvalue weighted by Crippen LogP contribution is -2.53. The summed E-state index contributed by atoms with van der Waals surface area (Å²) in [5, 5.41) is 3.48. The lowest BCUT2D eigenvalue weighted by atomic mass is 10.0. The van der Waals surface area contributed by atoms with Crippen LogP contribution in [0, 0.1) is 5.92 Å². The Morgan fingerprint density at radius 3 is 2.67 bits per heavy atom. The molecule has 168 valence electrons. The van der Waals surface area contributed by atoms with E-state index in [2.05, 4.69) is 59.3 Å². The highest BCUT2D eigenvalue weighted by Gasteiger charge is 2.25. The minimum atomic E-state index is 0.510. The minimum Gasteiger partial charge on any atom is -0.381 e. The van der Waals surface area contributed by atoms with E-state index < -0.39 is 0 Å². The van der Waals surface area contributed by atoms with Crippen molar-refractivity contribution in [2.45, 2.75) is 39.2 Å². The van der Waals surface area contributed by atoms with Gasteiger partial charge in [0.2, 0.25) is 0 Å². The van der Waals surface area contributed by atoms with Gasteiger partial charge in [0.1, 0.15) is 0 Å². The van der Waals surface area contributed by atoms with Crippen LogP contribution in [0.4, 0.5) is 0 Å². The van der Waals surface area contributed by atoms with E-state index in [1.165, 1.54) is 5.56 Å². The third-order valence-electron chi connectivity index (χ3n) is 6.05. The lowest BCUT2D eigenvalue weighted by molar-refractivity contribution is 0.0892. The van der Waals surface area contributed by atoms with E-state index in [-0.39, 0.29) is 0 Å². The predicted molar refractivity (Wildman–Crippen MR) is 123 cm³/mol. The fourth-order valence-corrected chi connectivity index (χ4v) is 4.37. The number of piperazine rings is 1. The molecule has 2 aliphatic rings. The third kappa shape index (κ3) is 6.96. The van der Waals surface area contributed by atoms with Gasteiger partial charge in [-0.05, 0) is 31.7 Å². The summed E-state index contributed by atoms with van der Waals surface area (Å²) in [6, 6.07) is 11.4. The molecule has 2 aliphatic heterocycles. The number of ether oxygens (including phenoxy) is 2. The Bertz CT molecular complexity index is 611. The van der Waals surface area contributed by atoms with E-state index in [0.29, 0.717) is 12.0 Å². The molecule has 2 atom stereocenters. The van der Waals surface area contributed by atoms with Crippen molar-refractivity contribution in [3.05, 3.63) is 35.9 Å². The Kier molecular flexibility index (Phi) is 9.93. The van der Waals surface area contributed by atoms with Crippen molar-refractivity contribution in [1.29, 1.82) is 0 Å². The van der Waals surface area contributed by atoms with Crippen LogP contribution in [0.2, 0.25) is 0 Å². The molecule has 3 rings (SSSR count). The van der Waals surface area contributed by atoms with Crippen LogP contribution >= 0.6 is 0 Å². The first-order chi connectivity index (χ1) is 14.8. The van der Waals surface area contributed by atoms with Gasteiger partial charge >= 0.3 is 0 Å². The van der Waals surface area contributed by atoms with Crippen LogP contribution in [0.3, 0.4) is 0 Å². The fourth-order valence-electron chi connectivity index (χ4n) is 4.37. The summed E-state index contributed by atoms with van der Waals surface area (Å²) in [7, 11) is 0. The first-order valence-electron chi connectivity index (χ1n) is 11.8. The second kappa shape index (κ2) is 12.9. The quantitative estimate of drug-likeness (QED) is 0.361. The molecule has 6 nitrogen and oxygen atoms in total. The van der Waals surface area contributed by atoms with Crippen molar-refractivity contribution < 1.29 is 9.47 Å². The standard InChI is InChI=1S/C24H40N4O2/c1-3-23(22-9-6-5-7-10-22)27-13-15-28(16-14-27)24(25-4-2)26-12-8-17-29-19-21-11-18-30-20-21/h5-7,9-10,21,23H,3-4,8,11-20H2,1-2H3,(H,25,26). The topological polar surface area (TPSA) is 49.3 Å². The smallest absolute Gasteiger partial charge is 0.194 e. The zero-order valence-electron chi connectivity index (χ0n) is 18.9. The molecule has 0 radical (unpaired) electrons. The van der Waals surface area contributed by atoms with E-state index in [0.717, 1.165) is 90.9 Å². The molecular weight excluding hydrogens is 376 g/mol. The van der Waals surface area contributed by atoms with Crippen molar-refractivity contribution in [2.24, 2.45) is 10.9 Å². The normalized spacial score (nSPS) is 21.7. The number of rotatable bonds is 10. The first-order valence-corrected chi connectivity index (χ1v) is 11.8. The van der Waals surface area contributed by atoms with Crippen LogP contribution in [0.5, 0.6) is 0 Å². The summed E-state index contributed by atoms with van der Waals surface area (Å²) >= 11 is 0. The Labute approximate surface area is 182 Å². The zero-order valence-corrected chi connectivity index (χ0v) is 18.9. The highest BCUT2D eigenvalue weighted by atomic mass is 16.5. The van der Waals surface area contributed by atoms with Gasteiger partial charge in [0.15, 0.2) is 5.96 Å². The monoisotopic (exact) mass is 416 g/mol. The molecule has 0 saturated carbocycles. The van der Waals surface area contributed by atoms with Gasteiger partial charge in [0.05, 0.1) is 13.2 Å². The molecule has 0 amide bonds. The van der Waals surface area contributed by atoms with Gasteiger partial charge in [-0.3, -0.25) is 9.89 Å². The molecule has 2 heterocycles. The maximum atomic E-state index is 5.81. The van der Waals surface area contributed by atoms with Gasteiger partial charge in [-0.1, -0.05) is 37.3 Å². The molecule has 1 N–H and O–H groups in total. The SMILES string of the molecule is CCNC(=NCCCOCC1CCOC1)N1CCN(C(CC)c2ccccc2)CC1. The molecule has 0 aromatic heterocycles. The number of nitrogens with one attached hydrogen (secondary N) is 1. The van der Waals surface area contributed by atoms with E-state index in [9.17, 15) is 0 Å². The number of nitrogens with zero attached hydrogens (tertiary/aromatic N) is 3. The van der Waals surface area contributed by atoms with Crippen LogP contribution in [-0.4, -0.2) is 81.5 Å². The number of aliphatic imine (C=N–C) groups is 1. The van der Waals surface area contributed by atoms with Crippen LogP contribution in [0.25, 0.3) is 0 Å². The molecule has 0 bridgehead atoms. The van der Waals surface area contributed by atoms with Crippen molar-refractivity contribution in [3.8, 4) is 0 Å². The molecule has 0 aliphatic carbocycles. The summed E-state index contributed by atoms with van der Waals surface area (Å²) in [4.78, 5) is 9.90. The average molecular weight is 417 g/mol. The summed E-state index contributed by atoms with van der Waals surface area (Å²) in [6.45, 7) is 13.7. The van der Waals surface area contributed by atoms with Crippen molar-refractivity contribution in [3.63, 3.8) is 0 Å². The summed E-state index contributed by atoms with van der Waals surface area (Å²) in [5.41, 5.74) is 1.43. The summed E-state index contributed by atoms with van der Waals surface area (Å²) in [5.74, 6) is 1.64. The van der Waals surface area contributed by atoms with Crippen molar-refractivity contribution in [1.82, 2.24) is 15.1 Å². The van der Waals surface area contributed by atoms with Crippen molar-refractivity contribution in [2.75, 3.05) is 65.7 Å². The average Bonchev–Trinajstić information content (AvgIpc) is 3.31. The highest BCUT2D eigenvalue weighted by molar-refractivity contribution is 5.80. The van der Waals surface area contributed by atoms with Gasteiger partial charge in [-0.25, -0.2) is 0 Å². The Balaban J connectivity index is 1.42. The van der Waals surface area contributed by atoms with Gasteiger partial charge in [-0.15, -0.1) is 0 Å². The number of hydrogen-bond donors (Lipinski definition) is 1. The minimum absolute atomic E-state index is 0.510. The second-order valence-electron chi connectivity index (χ2n) is 8.25. The molecule has 2 fully saturated rings. The summed E-state index contributed by atoms with van der Waals surface area (Å²) in [6.07, 6.45) is 3.25. The number of benzene rings is 1. The molecule has 1 aromatic rings. The maximum Gasteiger partial charge on any atom is 0.194 e.